The van der Waals surface area contributed by atoms with E-state index in [1.165, 1.54) is 195 Å². The number of hydrogen-bond donors (Lipinski definition) is 6. The molecule has 602 valence electrons. The maximum Gasteiger partial charge on any atom is 0.101 e. The molecule has 0 aliphatic heterocycles. The molecule has 0 aliphatic carbocycles. The molecule has 2 rings (SSSR count). The van der Waals surface area contributed by atoms with E-state index in [-0.39, 0.29) is 94.3 Å². The fourth-order valence-corrected chi connectivity index (χ4v) is 8.32. The zero-order chi connectivity index (χ0) is 71.8. The van der Waals surface area contributed by atoms with Crippen LogP contribution < -0.4 is 116 Å². The van der Waals surface area contributed by atoms with Crippen molar-refractivity contribution in [3.05, 3.63) is 72.3 Å². The van der Waals surface area contributed by atoms with Crippen molar-refractivity contribution in [1.82, 2.24) is 5.32 Å². The fraction of sp³-hybridized carbons (Fsp3) is 0.852. The quantitative estimate of drug-likeness (QED) is 0.0338. The van der Waals surface area contributed by atoms with Gasteiger partial charge in [-0.25, -0.2) is 0 Å². The van der Waals surface area contributed by atoms with Crippen LogP contribution in [0, 0.1) is 29.6 Å². The van der Waals surface area contributed by atoms with Gasteiger partial charge in [0.1, 0.15) is 6.54 Å². The molecule has 0 saturated carbocycles. The largest absolute Gasteiger partial charge is 1.00 e. The number of unbranched alkanes of at least 4 members (excludes halogenated alkanes) is 10. The number of nitrogens with two attached hydrogens (primary N) is 4. The average molecular weight is 1660 g/mol. The molecule has 0 aromatic heterocycles. The highest BCUT2D eigenvalue weighted by molar-refractivity contribution is 5.13. The molecule has 17 heteroatoms. The summed E-state index contributed by atoms with van der Waals surface area (Å²) in [5.41, 5.74) is 12.0. The average Bonchev–Trinajstić information content (AvgIpc) is 3.30. The van der Waals surface area contributed by atoms with Crippen LogP contribution >= 0.6 is 0 Å². The summed E-state index contributed by atoms with van der Waals surface area (Å²) in [6.07, 6.45) is 27.3. The van der Waals surface area contributed by atoms with Crippen LogP contribution in [0.3, 0.4) is 0 Å². The minimum absolute atomic E-state index is 0. The maximum atomic E-state index is 9.55. The molecule has 10 N–H and O–H groups in total. The van der Waals surface area contributed by atoms with Gasteiger partial charge in [-0.15, -0.1) is 0 Å². The minimum atomic E-state index is -0.370. The Balaban J connectivity index is -0.0000000770. The van der Waals surface area contributed by atoms with Gasteiger partial charge in [0, 0.05) is 30.6 Å². The number of halogens is 6. The van der Waals surface area contributed by atoms with Gasteiger partial charge in [-0.3, -0.25) is 0 Å². The number of aliphatic hydroxyl groups excluding tert-OH is 1. The molecule has 0 bridgehead atoms. The molecule has 98 heavy (non-hydrogen) atoms. The first kappa shape index (κ1) is 128. The second-order valence-electron chi connectivity index (χ2n) is 30.4. The molecule has 0 amide bonds. The van der Waals surface area contributed by atoms with Gasteiger partial charge in [0.25, 0.3) is 0 Å². The summed E-state index contributed by atoms with van der Waals surface area (Å²) in [5, 5.41) is 17.7. The fourth-order valence-electron chi connectivity index (χ4n) is 8.32. The number of nitrogens with zero attached hydrogens (tertiary/aromatic N) is 4. The summed E-state index contributed by atoms with van der Waals surface area (Å²) >= 11 is 0. The van der Waals surface area contributed by atoms with Gasteiger partial charge in [0.15, 0.2) is 0 Å². The first-order valence-electron chi connectivity index (χ1n) is 38.7. The number of benzene rings is 2. The molecule has 6 unspecified atom stereocenters. The van der Waals surface area contributed by atoms with E-state index >= 15 is 0 Å². The van der Waals surface area contributed by atoms with E-state index in [2.05, 4.69) is 228 Å². The Morgan fingerprint density at radius 3 is 1.11 bits per heavy atom. The number of aliphatic hydroxyl groups is 1. The van der Waals surface area contributed by atoms with Crippen LogP contribution in [-0.2, 0) is 11.3 Å². The Kier molecular flexibility index (Phi) is 124. The Morgan fingerprint density at radius 2 is 0.776 bits per heavy atom. The molecule has 2 aromatic carbocycles. The second-order valence-corrected chi connectivity index (χ2v) is 30.4. The van der Waals surface area contributed by atoms with Crippen molar-refractivity contribution in [2.24, 2.45) is 41.1 Å². The number of ether oxygens (including phenoxy) is 1. The van der Waals surface area contributed by atoms with Crippen molar-refractivity contribution >= 4 is 0 Å². The van der Waals surface area contributed by atoms with Crippen molar-refractivity contribution in [3.8, 4) is 0 Å². The van der Waals surface area contributed by atoms with Crippen molar-refractivity contribution in [2.75, 3.05) is 169 Å². The Labute approximate surface area is 667 Å². The van der Waals surface area contributed by atoms with Gasteiger partial charge >= 0.3 is 0 Å². The van der Waals surface area contributed by atoms with Crippen LogP contribution in [0.1, 0.15) is 251 Å². The predicted molar refractivity (Wildman–Crippen MR) is 418 cm³/mol. The summed E-state index contributed by atoms with van der Waals surface area (Å²) in [5.74, 6) is 3.84. The lowest BCUT2D eigenvalue weighted by Crippen LogP contribution is -3.00. The molecule has 0 spiro atoms. The first-order chi connectivity index (χ1) is 43.4. The zero-order valence-corrected chi connectivity index (χ0v) is 77.2. The van der Waals surface area contributed by atoms with E-state index in [0.717, 1.165) is 66.4 Å². The maximum absolute atomic E-state index is 9.55. The van der Waals surface area contributed by atoms with E-state index in [1.807, 2.05) is 36.4 Å². The Hall–Kier alpha value is 0.310. The standard InChI is InChI=1S/C14H34N2.C13H32N2.C12H27NO2.C12H19N.C11H25N.C6H6.2C5H13N.C3H8.3BrH.3ClH/c1-7-12-16(5,6)14-11-9-8-10-13-15(2,3)4;1-7-15(5,6)13-11-9-8-10-12-14(2,3)4;1-4-6-7-15-10-12(14)9-13-8-11(3)5-2;1-3-11(2)9-13-10-12-7-5-4-6-8-12;1-4-6-7-8-9-12-10-11(3)5-2;1-2-4-6-5-3-1;2*1-3-5(2)4-6;1-3-2;;;;;;/h7-14H2,1-6H3;7-13H2,1-6H3;11-14H,4-10H2,1-3H3;4-8,11,13H,3,9-10H2,1-2H3;11-12H,4-10H2,1-3H3;1-6H;2*5H,3-4,6H2,1-2H3;3H2,1-2H3;6*1H/q2*+2;;;;;;;;;;;;;/p-4. The molecular weight excluding hydrogens is 1480 g/mol. The molecule has 0 aliphatic rings. The van der Waals surface area contributed by atoms with Crippen molar-refractivity contribution in [3.63, 3.8) is 0 Å². The monoisotopic (exact) mass is 1650 g/mol. The number of rotatable bonds is 44. The minimum Gasteiger partial charge on any atom is -1.00 e. The van der Waals surface area contributed by atoms with Gasteiger partial charge in [0.2, 0.25) is 0 Å². The SMILES string of the molecule is CCC.CCC(C)CN.CCC(C)CN.CCC(C)C[NH2+]Cc1ccccc1.CCCCCC[NH2+]CC(C)CC.CCCCOCC(O)CNCC(C)CC.CCC[N+](C)(C)CCCCCC[N+](C)(C)C.CC[N+](C)(C)CCCCCC[N+](C)(C)C.[Br-].[Br-].[Br-].[Cl-].[Cl-].[Cl-].c1ccccc1. The van der Waals surface area contributed by atoms with E-state index in [9.17, 15) is 5.11 Å². The molecule has 6 atom stereocenters. The van der Waals surface area contributed by atoms with Gasteiger partial charge in [-0.05, 0) is 134 Å². The third-order valence-corrected chi connectivity index (χ3v) is 16.8. The smallest absolute Gasteiger partial charge is 0.101 e. The lowest BCUT2D eigenvalue weighted by atomic mass is 10.1. The van der Waals surface area contributed by atoms with Gasteiger partial charge in [0.05, 0.1) is 142 Å². The molecule has 11 nitrogen and oxygen atoms in total. The third-order valence-electron chi connectivity index (χ3n) is 16.8. The highest BCUT2D eigenvalue weighted by atomic mass is 79.9. The lowest BCUT2D eigenvalue weighted by molar-refractivity contribution is -0.890. The number of nitrogens with one attached hydrogen (secondary N) is 1. The van der Waals surface area contributed by atoms with E-state index in [1.54, 1.807) is 0 Å². The molecule has 0 heterocycles. The van der Waals surface area contributed by atoms with Crippen LogP contribution in [-0.4, -0.2) is 198 Å². The normalized spacial score (nSPS) is 12.3. The molecule has 0 saturated heterocycles. The van der Waals surface area contributed by atoms with E-state index in [0.29, 0.717) is 30.9 Å². The molecule has 0 fully saturated rings. The van der Waals surface area contributed by atoms with E-state index in [4.69, 9.17) is 16.2 Å². The van der Waals surface area contributed by atoms with Gasteiger partial charge in [-0.2, -0.15) is 0 Å². The predicted octanol–water partition coefficient (Wildman–Crippen LogP) is -2.03. The van der Waals surface area contributed by atoms with Crippen molar-refractivity contribution in [2.45, 2.75) is 258 Å². The first-order valence-corrected chi connectivity index (χ1v) is 38.7. The van der Waals surface area contributed by atoms with Crippen LogP contribution in [0.2, 0.25) is 0 Å². The van der Waals surface area contributed by atoms with Crippen LogP contribution in [0.15, 0.2) is 66.7 Å². The second kappa shape index (κ2) is 95.3. The Morgan fingerprint density at radius 1 is 0.418 bits per heavy atom. The van der Waals surface area contributed by atoms with E-state index < -0.39 is 0 Å². The Bertz CT molecular complexity index is 1580. The third kappa shape index (κ3) is 126. The summed E-state index contributed by atoms with van der Waals surface area (Å²) in [7, 11) is 23.0. The van der Waals surface area contributed by atoms with Crippen LogP contribution in [0.5, 0.6) is 0 Å². The van der Waals surface area contributed by atoms with Crippen LogP contribution in [0.25, 0.3) is 0 Å². The van der Waals surface area contributed by atoms with Crippen molar-refractivity contribution < 1.29 is 127 Å². The lowest BCUT2D eigenvalue weighted by Gasteiger charge is -2.29. The van der Waals surface area contributed by atoms with Gasteiger partial charge in [-0.1, -0.05) is 216 Å². The molecule has 0 radical (unpaired) electrons. The molecular formula is C81H179Br3Cl3N9O2. The zero-order valence-electron chi connectivity index (χ0n) is 70.2. The van der Waals surface area contributed by atoms with Gasteiger partial charge < -0.3 is 143 Å². The highest BCUT2D eigenvalue weighted by Crippen LogP contribution is 2.09. The number of hydrogen-bond acceptors (Lipinski definition) is 5. The summed E-state index contributed by atoms with van der Waals surface area (Å²) in [4.78, 5) is 0. The highest BCUT2D eigenvalue weighted by Gasteiger charge is 2.14. The van der Waals surface area contributed by atoms with Crippen LogP contribution in [0.4, 0.5) is 0 Å². The molecule has 2 aromatic rings. The topological polar surface area (TPSA) is 127 Å². The van der Waals surface area contributed by atoms with Crippen molar-refractivity contribution in [1.29, 1.82) is 0 Å². The summed E-state index contributed by atoms with van der Waals surface area (Å²) < 4.78 is 9.92. The number of quaternary nitrogens is 6. The summed E-state index contributed by atoms with van der Waals surface area (Å²) in [6.45, 7) is 52.7. The summed E-state index contributed by atoms with van der Waals surface area (Å²) in [6, 6.07) is 22.7.